The summed E-state index contributed by atoms with van der Waals surface area (Å²) in [5, 5.41) is 13.2. The third kappa shape index (κ3) is 2.89. The first-order chi connectivity index (χ1) is 8.97. The summed E-state index contributed by atoms with van der Waals surface area (Å²) >= 11 is 5.84. The van der Waals surface area contributed by atoms with E-state index in [-0.39, 0.29) is 16.5 Å². The van der Waals surface area contributed by atoms with Crippen molar-refractivity contribution < 1.29 is 9.72 Å². The van der Waals surface area contributed by atoms with Gasteiger partial charge in [0.25, 0.3) is 11.6 Å². The predicted molar refractivity (Wildman–Crippen MR) is 69.4 cm³/mol. The zero-order valence-electron chi connectivity index (χ0n) is 9.81. The van der Waals surface area contributed by atoms with E-state index in [1.165, 1.54) is 0 Å². The summed E-state index contributed by atoms with van der Waals surface area (Å²) in [5.74, 6) is -0.526. The maximum absolute atomic E-state index is 11.9. The highest BCUT2D eigenvalue weighted by molar-refractivity contribution is 6.32. The summed E-state index contributed by atoms with van der Waals surface area (Å²) in [4.78, 5) is 28.2. The number of nitro groups is 1. The lowest BCUT2D eigenvalue weighted by Gasteiger charge is -2.05. The maximum Gasteiger partial charge on any atom is 0.287 e. The highest BCUT2D eigenvalue weighted by atomic mass is 35.5. The average Bonchev–Trinajstić information content (AvgIpc) is 2.83. The number of hydrogen-bond acceptors (Lipinski definition) is 4. The van der Waals surface area contributed by atoms with Crippen LogP contribution < -0.4 is 5.32 Å². The standard InChI is InChI=1S/C11H9ClN4O3/c1-6-2-8(10(12)14-4-6)15-11(17)9-3-7(5-13-9)16(18)19/h2-5,13H,1H3,(H,15,17). The fourth-order valence-electron chi connectivity index (χ4n) is 1.45. The number of nitrogens with one attached hydrogen (secondary N) is 2. The maximum atomic E-state index is 11.9. The Labute approximate surface area is 112 Å². The second-order valence-corrected chi connectivity index (χ2v) is 4.19. The normalized spacial score (nSPS) is 10.2. The number of amides is 1. The second kappa shape index (κ2) is 5.07. The van der Waals surface area contributed by atoms with Crippen molar-refractivity contribution in [3.05, 3.63) is 51.1 Å². The molecule has 0 aromatic carbocycles. The number of pyridine rings is 1. The quantitative estimate of drug-likeness (QED) is 0.512. The van der Waals surface area contributed by atoms with Crippen LogP contribution in [0.4, 0.5) is 11.4 Å². The van der Waals surface area contributed by atoms with Gasteiger partial charge < -0.3 is 10.3 Å². The van der Waals surface area contributed by atoms with E-state index in [1.54, 1.807) is 19.2 Å². The van der Waals surface area contributed by atoms with Crippen LogP contribution in [0, 0.1) is 17.0 Å². The first-order valence-electron chi connectivity index (χ1n) is 5.23. The molecule has 0 aliphatic rings. The van der Waals surface area contributed by atoms with Crippen LogP contribution in [0.25, 0.3) is 0 Å². The number of halogens is 1. The summed E-state index contributed by atoms with van der Waals surface area (Å²) in [5.41, 5.74) is 1.07. The van der Waals surface area contributed by atoms with Crippen LogP contribution in [0.3, 0.4) is 0 Å². The lowest BCUT2D eigenvalue weighted by molar-refractivity contribution is -0.384. The molecule has 8 heteroatoms. The van der Waals surface area contributed by atoms with E-state index in [4.69, 9.17) is 11.6 Å². The van der Waals surface area contributed by atoms with Gasteiger partial charge in [-0.25, -0.2) is 4.98 Å². The van der Waals surface area contributed by atoms with Crippen molar-refractivity contribution in [2.45, 2.75) is 6.92 Å². The first-order valence-corrected chi connectivity index (χ1v) is 5.61. The Morgan fingerprint density at radius 1 is 1.53 bits per heavy atom. The molecule has 0 aliphatic heterocycles. The fourth-order valence-corrected chi connectivity index (χ4v) is 1.60. The van der Waals surface area contributed by atoms with Crippen LogP contribution in [-0.2, 0) is 0 Å². The van der Waals surface area contributed by atoms with E-state index >= 15 is 0 Å². The smallest absolute Gasteiger partial charge is 0.287 e. The van der Waals surface area contributed by atoms with Gasteiger partial charge in [-0.3, -0.25) is 14.9 Å². The Hall–Kier alpha value is -2.41. The number of hydrogen-bond donors (Lipinski definition) is 2. The van der Waals surface area contributed by atoms with Crippen molar-refractivity contribution in [3.8, 4) is 0 Å². The molecule has 2 aromatic rings. The minimum absolute atomic E-state index is 0.0734. The number of aromatic nitrogens is 2. The molecule has 7 nitrogen and oxygen atoms in total. The molecule has 0 radical (unpaired) electrons. The number of aryl methyl sites for hydroxylation is 1. The third-order valence-corrected chi connectivity index (χ3v) is 2.65. The monoisotopic (exact) mass is 280 g/mol. The molecule has 0 unspecified atom stereocenters. The molecule has 2 heterocycles. The van der Waals surface area contributed by atoms with Crippen LogP contribution >= 0.6 is 11.6 Å². The van der Waals surface area contributed by atoms with E-state index in [0.29, 0.717) is 5.69 Å². The number of anilines is 1. The van der Waals surface area contributed by atoms with Crippen molar-refractivity contribution in [1.82, 2.24) is 9.97 Å². The molecule has 0 aliphatic carbocycles. The van der Waals surface area contributed by atoms with Gasteiger partial charge >= 0.3 is 0 Å². The summed E-state index contributed by atoms with van der Waals surface area (Å²) in [6.07, 6.45) is 2.71. The number of carbonyl (C=O) groups excluding carboxylic acids is 1. The third-order valence-electron chi connectivity index (χ3n) is 2.35. The van der Waals surface area contributed by atoms with Crippen LogP contribution in [0.1, 0.15) is 16.1 Å². The van der Waals surface area contributed by atoms with E-state index in [2.05, 4.69) is 15.3 Å². The van der Waals surface area contributed by atoms with Gasteiger partial charge in [-0.15, -0.1) is 0 Å². The van der Waals surface area contributed by atoms with Gasteiger partial charge in [0.05, 0.1) is 16.8 Å². The molecule has 98 valence electrons. The molecule has 0 fully saturated rings. The summed E-state index contributed by atoms with van der Waals surface area (Å²) < 4.78 is 0. The molecular formula is C11H9ClN4O3. The minimum atomic E-state index is -0.589. The lowest BCUT2D eigenvalue weighted by atomic mass is 10.3. The summed E-state index contributed by atoms with van der Waals surface area (Å²) in [6.45, 7) is 1.80. The number of nitrogens with zero attached hydrogens (tertiary/aromatic N) is 2. The van der Waals surface area contributed by atoms with E-state index in [0.717, 1.165) is 17.8 Å². The molecule has 0 bridgehead atoms. The van der Waals surface area contributed by atoms with Crippen molar-refractivity contribution in [3.63, 3.8) is 0 Å². The number of aromatic amines is 1. The van der Waals surface area contributed by atoms with Gasteiger partial charge in [0.15, 0.2) is 5.15 Å². The number of rotatable bonds is 3. The lowest BCUT2D eigenvalue weighted by Crippen LogP contribution is -2.13. The van der Waals surface area contributed by atoms with Crippen molar-refractivity contribution in [2.75, 3.05) is 5.32 Å². The van der Waals surface area contributed by atoms with E-state index in [9.17, 15) is 14.9 Å². The molecule has 0 atom stereocenters. The zero-order chi connectivity index (χ0) is 14.0. The Morgan fingerprint density at radius 2 is 2.26 bits per heavy atom. The predicted octanol–water partition coefficient (Wildman–Crippen LogP) is 2.53. The van der Waals surface area contributed by atoms with E-state index in [1.807, 2.05) is 0 Å². The van der Waals surface area contributed by atoms with Crippen LogP contribution in [0.15, 0.2) is 24.5 Å². The molecule has 0 saturated carbocycles. The molecule has 1 amide bonds. The van der Waals surface area contributed by atoms with E-state index < -0.39 is 10.8 Å². The molecule has 0 spiro atoms. The van der Waals surface area contributed by atoms with Crippen molar-refractivity contribution in [1.29, 1.82) is 0 Å². The highest BCUT2D eigenvalue weighted by Gasteiger charge is 2.15. The summed E-state index contributed by atoms with van der Waals surface area (Å²) in [6, 6.07) is 2.80. The van der Waals surface area contributed by atoms with Crippen LogP contribution in [-0.4, -0.2) is 20.8 Å². The topological polar surface area (TPSA) is 101 Å². The molecule has 2 aromatic heterocycles. The van der Waals surface area contributed by atoms with Gasteiger partial charge in [0.1, 0.15) is 5.69 Å². The van der Waals surface area contributed by atoms with Gasteiger partial charge in [0, 0.05) is 12.3 Å². The minimum Gasteiger partial charge on any atom is -0.351 e. The van der Waals surface area contributed by atoms with Gasteiger partial charge in [-0.1, -0.05) is 11.6 Å². The molecule has 2 rings (SSSR count). The van der Waals surface area contributed by atoms with Crippen molar-refractivity contribution in [2.24, 2.45) is 0 Å². The SMILES string of the molecule is Cc1cnc(Cl)c(NC(=O)c2cc([N+](=O)[O-])c[nH]2)c1. The number of carbonyl (C=O) groups is 1. The molecule has 2 N–H and O–H groups in total. The Bertz CT molecular complexity index is 653. The van der Waals surface area contributed by atoms with Gasteiger partial charge in [0.2, 0.25) is 0 Å². The summed E-state index contributed by atoms with van der Waals surface area (Å²) in [7, 11) is 0. The zero-order valence-corrected chi connectivity index (χ0v) is 10.6. The second-order valence-electron chi connectivity index (χ2n) is 3.83. The van der Waals surface area contributed by atoms with Crippen molar-refractivity contribution >= 4 is 28.9 Å². The van der Waals surface area contributed by atoms with Gasteiger partial charge in [-0.05, 0) is 18.6 Å². The first kappa shape index (κ1) is 13.0. The Balaban J connectivity index is 2.20. The largest absolute Gasteiger partial charge is 0.351 e. The fraction of sp³-hybridized carbons (Fsp3) is 0.0909. The van der Waals surface area contributed by atoms with Crippen LogP contribution in [0.2, 0.25) is 5.15 Å². The molecule has 0 saturated heterocycles. The molecular weight excluding hydrogens is 272 g/mol. The van der Waals surface area contributed by atoms with Crippen LogP contribution in [0.5, 0.6) is 0 Å². The average molecular weight is 281 g/mol. The van der Waals surface area contributed by atoms with Gasteiger partial charge in [-0.2, -0.15) is 0 Å². The Kier molecular flexibility index (Phi) is 3.48. The Morgan fingerprint density at radius 3 is 2.89 bits per heavy atom. The number of H-pyrrole nitrogens is 1. The molecule has 19 heavy (non-hydrogen) atoms. The highest BCUT2D eigenvalue weighted by Crippen LogP contribution is 2.21.